The second kappa shape index (κ2) is 10.00. The van der Waals surface area contributed by atoms with E-state index in [0.29, 0.717) is 49.8 Å². The van der Waals surface area contributed by atoms with Gasteiger partial charge in [0.1, 0.15) is 0 Å². The van der Waals surface area contributed by atoms with Gasteiger partial charge in [-0.3, -0.25) is 19.2 Å². The lowest BCUT2D eigenvalue weighted by molar-refractivity contribution is -0.117. The van der Waals surface area contributed by atoms with E-state index in [1.54, 1.807) is 28.6 Å². The summed E-state index contributed by atoms with van der Waals surface area (Å²) in [5, 5.41) is 2.32. The first-order valence-corrected chi connectivity index (χ1v) is 14.5. The Morgan fingerprint density at radius 3 is 2.58 bits per heavy atom. The van der Waals surface area contributed by atoms with Gasteiger partial charge in [0.25, 0.3) is 5.91 Å². The van der Waals surface area contributed by atoms with Gasteiger partial charge in [0, 0.05) is 68.0 Å². The number of thiazole rings is 1. The average Bonchev–Trinajstić information content (AvgIpc) is 3.53. The topological polar surface area (TPSA) is 103 Å². The van der Waals surface area contributed by atoms with E-state index in [4.69, 9.17) is 0 Å². The fourth-order valence-electron chi connectivity index (χ4n) is 4.80. The van der Waals surface area contributed by atoms with Crippen molar-refractivity contribution in [1.29, 1.82) is 0 Å². The Labute approximate surface area is 214 Å². The number of aromatic nitrogens is 1. The van der Waals surface area contributed by atoms with Crippen LogP contribution in [0.15, 0.2) is 60.1 Å². The molecule has 2 amide bonds. The van der Waals surface area contributed by atoms with Gasteiger partial charge in [-0.05, 0) is 23.8 Å². The van der Waals surface area contributed by atoms with Crippen LogP contribution in [0.4, 0.5) is 11.4 Å². The molecule has 9 nitrogen and oxygen atoms in total. The largest absolute Gasteiger partial charge is 0.334 e. The number of para-hydroxylation sites is 1. The summed E-state index contributed by atoms with van der Waals surface area (Å²) in [6.07, 6.45) is 3.19. The highest BCUT2D eigenvalue weighted by atomic mass is 32.2. The van der Waals surface area contributed by atoms with Crippen LogP contribution in [-0.4, -0.2) is 80.0 Å². The van der Waals surface area contributed by atoms with Crippen molar-refractivity contribution >= 4 is 44.5 Å². The molecular weight excluding hydrogens is 498 g/mol. The Kier molecular flexibility index (Phi) is 6.78. The molecule has 0 saturated carbocycles. The molecule has 3 heterocycles. The van der Waals surface area contributed by atoms with E-state index in [2.05, 4.69) is 14.6 Å². The van der Waals surface area contributed by atoms with Gasteiger partial charge in [-0.2, -0.15) is 0 Å². The summed E-state index contributed by atoms with van der Waals surface area (Å²) in [7, 11) is -3.43. The lowest BCUT2D eigenvalue weighted by Crippen LogP contribution is -2.52. The lowest BCUT2D eigenvalue weighted by Gasteiger charge is -2.37. The third-order valence-corrected chi connectivity index (χ3v) is 7.88. The Morgan fingerprint density at radius 1 is 1.08 bits per heavy atom. The van der Waals surface area contributed by atoms with Gasteiger partial charge < -0.3 is 9.80 Å². The zero-order valence-corrected chi connectivity index (χ0v) is 21.5. The summed E-state index contributed by atoms with van der Waals surface area (Å²) in [6, 6.07) is 14.9. The Morgan fingerprint density at radius 2 is 1.86 bits per heavy atom. The molecule has 188 valence electrons. The quantitative estimate of drug-likeness (QED) is 0.531. The molecule has 0 spiro atoms. The molecule has 1 atom stereocenters. The van der Waals surface area contributed by atoms with E-state index >= 15 is 0 Å². The molecule has 2 aliphatic heterocycles. The molecule has 1 N–H and O–H groups in total. The van der Waals surface area contributed by atoms with Crippen LogP contribution in [0, 0.1) is 0 Å². The third kappa shape index (κ3) is 5.28. The second-order valence-corrected chi connectivity index (χ2v) is 11.6. The number of carbonyl (C=O) groups is 2. The molecule has 1 aromatic heterocycles. The Bertz CT molecular complexity index is 1370. The van der Waals surface area contributed by atoms with Crippen molar-refractivity contribution in [1.82, 2.24) is 14.8 Å². The van der Waals surface area contributed by atoms with E-state index in [1.165, 1.54) is 11.3 Å². The highest BCUT2D eigenvalue weighted by Crippen LogP contribution is 2.33. The monoisotopic (exact) mass is 525 g/mol. The van der Waals surface area contributed by atoms with Crippen molar-refractivity contribution in [3.05, 3.63) is 65.1 Å². The van der Waals surface area contributed by atoms with Gasteiger partial charge in [-0.1, -0.05) is 30.3 Å². The van der Waals surface area contributed by atoms with E-state index < -0.39 is 10.0 Å². The van der Waals surface area contributed by atoms with Crippen LogP contribution < -0.4 is 9.62 Å². The van der Waals surface area contributed by atoms with E-state index in [9.17, 15) is 18.0 Å². The number of piperazine rings is 1. The van der Waals surface area contributed by atoms with Gasteiger partial charge in [-0.15, -0.1) is 11.3 Å². The van der Waals surface area contributed by atoms with Crippen molar-refractivity contribution in [3.63, 3.8) is 0 Å². The minimum Gasteiger partial charge on any atom is -0.334 e. The number of benzene rings is 2. The maximum atomic E-state index is 13.0. The first-order chi connectivity index (χ1) is 17.3. The van der Waals surface area contributed by atoms with Gasteiger partial charge in [0.2, 0.25) is 15.9 Å². The maximum Gasteiger partial charge on any atom is 0.282 e. The number of sulfonamides is 1. The molecule has 0 aliphatic carbocycles. The summed E-state index contributed by atoms with van der Waals surface area (Å²) in [5.74, 6) is 0.0252. The minimum absolute atomic E-state index is 0.0313. The number of nitrogens with zero attached hydrogens (tertiary/aromatic N) is 4. The predicted octanol–water partition coefficient (Wildman–Crippen LogP) is 2.74. The first kappa shape index (κ1) is 24.4. The number of carbonyl (C=O) groups excluding carboxylic acids is 2. The highest BCUT2D eigenvalue weighted by Gasteiger charge is 2.36. The summed E-state index contributed by atoms with van der Waals surface area (Å²) < 4.78 is 26.2. The fourth-order valence-corrected chi connectivity index (χ4v) is 5.98. The van der Waals surface area contributed by atoms with Gasteiger partial charge in [0.05, 0.1) is 11.9 Å². The van der Waals surface area contributed by atoms with Crippen molar-refractivity contribution < 1.29 is 18.0 Å². The molecule has 2 aromatic carbocycles. The minimum atomic E-state index is -3.43. The van der Waals surface area contributed by atoms with Crippen molar-refractivity contribution in [3.8, 4) is 11.1 Å². The normalized spacial score (nSPS) is 19.0. The molecular formula is C25H27N5O4S2. The Balaban J connectivity index is 1.27. The van der Waals surface area contributed by atoms with E-state index in [-0.39, 0.29) is 17.9 Å². The summed E-state index contributed by atoms with van der Waals surface area (Å²) in [5.41, 5.74) is 2.85. The molecule has 1 unspecified atom stereocenters. The van der Waals surface area contributed by atoms with Crippen LogP contribution in [0.2, 0.25) is 0 Å². The molecule has 2 fully saturated rings. The highest BCUT2D eigenvalue weighted by molar-refractivity contribution is 7.92. The average molecular weight is 526 g/mol. The van der Waals surface area contributed by atoms with Crippen molar-refractivity contribution in [2.75, 3.05) is 48.6 Å². The number of rotatable bonds is 6. The summed E-state index contributed by atoms with van der Waals surface area (Å²) in [4.78, 5) is 35.6. The maximum absolute atomic E-state index is 13.0. The lowest BCUT2D eigenvalue weighted by atomic mass is 10.0. The van der Waals surface area contributed by atoms with Crippen LogP contribution in [0.5, 0.6) is 0 Å². The zero-order chi connectivity index (χ0) is 25.3. The molecule has 0 radical (unpaired) electrons. The molecule has 5 rings (SSSR count). The molecule has 0 bridgehead atoms. The number of amides is 2. The van der Waals surface area contributed by atoms with Gasteiger partial charge >= 0.3 is 0 Å². The van der Waals surface area contributed by atoms with E-state index in [0.717, 1.165) is 23.1 Å². The zero-order valence-electron chi connectivity index (χ0n) is 19.8. The summed E-state index contributed by atoms with van der Waals surface area (Å²) >= 11 is 1.35. The van der Waals surface area contributed by atoms with Crippen LogP contribution in [0.25, 0.3) is 11.1 Å². The van der Waals surface area contributed by atoms with Crippen LogP contribution >= 0.6 is 11.3 Å². The smallest absolute Gasteiger partial charge is 0.282 e. The molecule has 36 heavy (non-hydrogen) atoms. The third-order valence-electron chi connectivity index (χ3n) is 6.53. The fraction of sp³-hybridized carbons (Fsp3) is 0.320. The second-order valence-electron chi connectivity index (χ2n) is 9.00. The molecule has 3 aromatic rings. The number of nitrogens with one attached hydrogen (secondary N) is 1. The molecule has 2 saturated heterocycles. The molecule has 2 aliphatic rings. The standard InChI is InChI=1S/C25H27N5O4S2/c1-36(33,34)27-22-8-3-2-7-21(22)18-5-4-6-19(15-18)30-17-20(16-23(30)31)28-10-12-29(13-11-28)25(32)24-26-9-14-35-24/h2-9,14-15,20,27H,10-13,16-17H2,1H3. The number of hydrogen-bond acceptors (Lipinski definition) is 7. The van der Waals surface area contributed by atoms with Crippen molar-refractivity contribution in [2.24, 2.45) is 0 Å². The van der Waals surface area contributed by atoms with Crippen LogP contribution in [-0.2, 0) is 14.8 Å². The van der Waals surface area contributed by atoms with Crippen molar-refractivity contribution in [2.45, 2.75) is 12.5 Å². The van der Waals surface area contributed by atoms with Gasteiger partial charge in [0.15, 0.2) is 5.01 Å². The van der Waals surface area contributed by atoms with Gasteiger partial charge in [-0.25, -0.2) is 13.4 Å². The molecule has 11 heteroatoms. The SMILES string of the molecule is CS(=O)(=O)Nc1ccccc1-c1cccc(N2CC(N3CCN(C(=O)c4nccs4)CC3)CC2=O)c1. The van der Waals surface area contributed by atoms with E-state index in [1.807, 2.05) is 41.3 Å². The van der Waals surface area contributed by atoms with Crippen LogP contribution in [0.3, 0.4) is 0 Å². The number of hydrogen-bond donors (Lipinski definition) is 1. The summed E-state index contributed by atoms with van der Waals surface area (Å²) in [6.45, 7) is 3.23. The Hall–Kier alpha value is -3.28. The first-order valence-electron chi connectivity index (χ1n) is 11.7. The predicted molar refractivity (Wildman–Crippen MR) is 141 cm³/mol. The van der Waals surface area contributed by atoms with Crippen LogP contribution in [0.1, 0.15) is 16.2 Å². The number of anilines is 2.